The molecule has 2 aliphatic rings. The van der Waals surface area contributed by atoms with E-state index >= 15 is 0 Å². The van der Waals surface area contributed by atoms with Gasteiger partial charge in [-0.05, 0) is 28.8 Å². The minimum Gasteiger partial charge on any atom is -0.490 e. The van der Waals surface area contributed by atoms with Crippen molar-refractivity contribution in [3.8, 4) is 16.9 Å². The van der Waals surface area contributed by atoms with Crippen molar-refractivity contribution in [3.63, 3.8) is 0 Å². The normalized spacial score (nSPS) is 22.7. The van der Waals surface area contributed by atoms with Gasteiger partial charge in [0.05, 0.1) is 18.9 Å². The molecule has 0 fully saturated rings. The molecule has 106 valence electrons. The summed E-state index contributed by atoms with van der Waals surface area (Å²) in [4.78, 5) is 4.22. The molecule has 3 heteroatoms. The summed E-state index contributed by atoms with van der Waals surface area (Å²) in [5.41, 5.74) is 3.84. The van der Waals surface area contributed by atoms with Crippen molar-refractivity contribution in [1.29, 1.82) is 0 Å². The van der Waals surface area contributed by atoms with Gasteiger partial charge in [0.2, 0.25) is 0 Å². The molecule has 2 unspecified atom stereocenters. The lowest BCUT2D eigenvalue weighted by Gasteiger charge is -2.15. The van der Waals surface area contributed by atoms with E-state index < -0.39 is 0 Å². The minimum atomic E-state index is 0.269. The zero-order valence-electron chi connectivity index (χ0n) is 11.8. The molecule has 3 nitrogen and oxygen atoms in total. The van der Waals surface area contributed by atoms with Gasteiger partial charge >= 0.3 is 0 Å². The summed E-state index contributed by atoms with van der Waals surface area (Å²) in [5, 5.41) is 3.28. The predicted molar refractivity (Wildman–Crippen MR) is 84.9 cm³/mol. The number of hydrogen-bond acceptors (Lipinski definition) is 3. The van der Waals surface area contributed by atoms with E-state index in [1.165, 1.54) is 16.7 Å². The molecule has 2 heterocycles. The standard InChI is InChI=1S/C18H18N2O/c1-2-4-13(5-3-1)14-6-7-18-15(8-14)9-17(21-18)10-16-11-19-12-20-16/h1-8,12,16-17H,9-11H2,(H,19,20). The Labute approximate surface area is 124 Å². The first-order chi connectivity index (χ1) is 10.4. The summed E-state index contributed by atoms with van der Waals surface area (Å²) in [6.07, 6.45) is 4.08. The zero-order chi connectivity index (χ0) is 14.1. The fraction of sp³-hybridized carbons (Fsp3) is 0.278. The maximum Gasteiger partial charge on any atom is 0.123 e. The lowest BCUT2D eigenvalue weighted by Crippen LogP contribution is -2.31. The molecule has 0 saturated heterocycles. The second-order valence-electron chi connectivity index (χ2n) is 5.73. The van der Waals surface area contributed by atoms with Gasteiger partial charge in [-0.25, -0.2) is 0 Å². The topological polar surface area (TPSA) is 33.6 Å². The third-order valence-corrected chi connectivity index (χ3v) is 4.18. The Morgan fingerprint density at radius 3 is 2.81 bits per heavy atom. The molecular weight excluding hydrogens is 260 g/mol. The van der Waals surface area contributed by atoms with Gasteiger partial charge < -0.3 is 10.1 Å². The molecule has 0 aromatic heterocycles. The monoisotopic (exact) mass is 278 g/mol. The molecule has 0 radical (unpaired) electrons. The van der Waals surface area contributed by atoms with Crippen LogP contribution in [0.2, 0.25) is 0 Å². The van der Waals surface area contributed by atoms with Crippen molar-refractivity contribution in [2.24, 2.45) is 4.99 Å². The predicted octanol–water partition coefficient (Wildman–Crippen LogP) is 3.05. The highest BCUT2D eigenvalue weighted by molar-refractivity contribution is 5.66. The van der Waals surface area contributed by atoms with Crippen LogP contribution in [0.3, 0.4) is 0 Å². The van der Waals surface area contributed by atoms with Crippen LogP contribution >= 0.6 is 0 Å². The Morgan fingerprint density at radius 1 is 1.10 bits per heavy atom. The van der Waals surface area contributed by atoms with Crippen molar-refractivity contribution in [3.05, 3.63) is 54.1 Å². The molecule has 0 saturated carbocycles. The van der Waals surface area contributed by atoms with Gasteiger partial charge in [0.15, 0.2) is 0 Å². The van der Waals surface area contributed by atoms with Gasteiger partial charge in [0.25, 0.3) is 0 Å². The molecule has 2 aromatic carbocycles. The summed E-state index contributed by atoms with van der Waals surface area (Å²) in [6.45, 7) is 0.867. The molecule has 4 rings (SSSR count). The van der Waals surface area contributed by atoms with Gasteiger partial charge in [-0.15, -0.1) is 0 Å². The molecule has 1 N–H and O–H groups in total. The number of ether oxygens (including phenoxy) is 1. The Balaban J connectivity index is 1.51. The van der Waals surface area contributed by atoms with Crippen LogP contribution in [0.1, 0.15) is 12.0 Å². The second kappa shape index (κ2) is 5.24. The van der Waals surface area contributed by atoms with E-state index in [4.69, 9.17) is 4.74 Å². The van der Waals surface area contributed by atoms with Crippen molar-refractivity contribution < 1.29 is 4.74 Å². The van der Waals surface area contributed by atoms with E-state index in [2.05, 4.69) is 52.8 Å². The van der Waals surface area contributed by atoms with E-state index in [9.17, 15) is 0 Å². The molecular formula is C18H18N2O. The highest BCUT2D eigenvalue weighted by atomic mass is 16.5. The average Bonchev–Trinajstić information content (AvgIpc) is 3.16. The van der Waals surface area contributed by atoms with E-state index in [0.29, 0.717) is 6.04 Å². The summed E-state index contributed by atoms with van der Waals surface area (Å²) in [7, 11) is 0. The van der Waals surface area contributed by atoms with Crippen molar-refractivity contribution in [2.75, 3.05) is 6.54 Å². The van der Waals surface area contributed by atoms with Gasteiger partial charge in [0, 0.05) is 12.8 Å². The van der Waals surface area contributed by atoms with Crippen LogP contribution in [0.4, 0.5) is 0 Å². The zero-order valence-corrected chi connectivity index (χ0v) is 11.8. The molecule has 0 bridgehead atoms. The molecule has 0 spiro atoms. The maximum atomic E-state index is 6.06. The Hall–Kier alpha value is -2.29. The number of aliphatic imine (C=N–C) groups is 1. The van der Waals surface area contributed by atoms with Gasteiger partial charge in [-0.2, -0.15) is 0 Å². The number of benzene rings is 2. The first kappa shape index (κ1) is 12.5. The highest BCUT2D eigenvalue weighted by Crippen LogP contribution is 2.34. The number of hydrogen-bond donors (Lipinski definition) is 1. The first-order valence-corrected chi connectivity index (χ1v) is 7.48. The van der Waals surface area contributed by atoms with Crippen LogP contribution < -0.4 is 10.1 Å². The third kappa shape index (κ3) is 2.51. The van der Waals surface area contributed by atoms with Crippen molar-refractivity contribution in [1.82, 2.24) is 5.32 Å². The van der Waals surface area contributed by atoms with Crippen LogP contribution in [0.5, 0.6) is 5.75 Å². The fourth-order valence-corrected chi connectivity index (χ4v) is 3.11. The lowest BCUT2D eigenvalue weighted by atomic mass is 9.99. The van der Waals surface area contributed by atoms with Crippen molar-refractivity contribution >= 4 is 6.34 Å². The number of rotatable bonds is 3. The summed E-state index contributed by atoms with van der Waals surface area (Å²) in [5.74, 6) is 1.04. The molecule has 0 aliphatic carbocycles. The van der Waals surface area contributed by atoms with E-state index in [1.807, 2.05) is 6.07 Å². The summed E-state index contributed by atoms with van der Waals surface area (Å²) < 4.78 is 6.06. The molecule has 0 amide bonds. The van der Waals surface area contributed by atoms with Gasteiger partial charge in [0.1, 0.15) is 11.9 Å². The van der Waals surface area contributed by atoms with Crippen LogP contribution in [0.15, 0.2) is 53.5 Å². The number of fused-ring (bicyclic) bond motifs is 1. The Kier molecular flexibility index (Phi) is 3.11. The number of nitrogens with zero attached hydrogens (tertiary/aromatic N) is 1. The molecule has 2 aliphatic heterocycles. The summed E-state index contributed by atoms with van der Waals surface area (Å²) >= 11 is 0. The smallest absolute Gasteiger partial charge is 0.123 e. The SMILES string of the molecule is C1=NCC(CC2Cc3cc(-c4ccccc4)ccc3O2)N1. The average molecular weight is 278 g/mol. The van der Waals surface area contributed by atoms with E-state index in [0.717, 1.165) is 25.1 Å². The van der Waals surface area contributed by atoms with Gasteiger partial charge in [-0.3, -0.25) is 4.99 Å². The Bertz CT molecular complexity index is 658. The first-order valence-electron chi connectivity index (χ1n) is 7.48. The number of nitrogens with one attached hydrogen (secondary N) is 1. The largest absolute Gasteiger partial charge is 0.490 e. The minimum absolute atomic E-state index is 0.269. The lowest BCUT2D eigenvalue weighted by molar-refractivity contribution is 0.209. The fourth-order valence-electron chi connectivity index (χ4n) is 3.11. The Morgan fingerprint density at radius 2 is 2.00 bits per heavy atom. The third-order valence-electron chi connectivity index (χ3n) is 4.18. The second-order valence-corrected chi connectivity index (χ2v) is 5.73. The quantitative estimate of drug-likeness (QED) is 0.936. The van der Waals surface area contributed by atoms with Crippen LogP contribution in [-0.4, -0.2) is 25.0 Å². The van der Waals surface area contributed by atoms with Crippen molar-refractivity contribution in [2.45, 2.75) is 25.0 Å². The van der Waals surface area contributed by atoms with Gasteiger partial charge in [-0.1, -0.05) is 36.4 Å². The van der Waals surface area contributed by atoms with E-state index in [-0.39, 0.29) is 6.10 Å². The van der Waals surface area contributed by atoms with Crippen LogP contribution in [0.25, 0.3) is 11.1 Å². The molecule has 21 heavy (non-hydrogen) atoms. The molecule has 2 aromatic rings. The van der Waals surface area contributed by atoms with Crippen LogP contribution in [0, 0.1) is 0 Å². The van der Waals surface area contributed by atoms with Crippen LogP contribution in [-0.2, 0) is 6.42 Å². The van der Waals surface area contributed by atoms with E-state index in [1.54, 1.807) is 6.34 Å². The summed E-state index contributed by atoms with van der Waals surface area (Å²) in [6, 6.07) is 17.4. The maximum absolute atomic E-state index is 6.06. The highest BCUT2D eigenvalue weighted by Gasteiger charge is 2.26. The molecule has 2 atom stereocenters.